The van der Waals surface area contributed by atoms with Crippen LogP contribution in [0.5, 0.6) is 0 Å². The fourth-order valence-electron chi connectivity index (χ4n) is 3.58. The molecule has 3 heteroatoms. The zero-order chi connectivity index (χ0) is 13.2. The Labute approximate surface area is 114 Å². The minimum Gasteiger partial charge on any atom is -0.481 e. The van der Waals surface area contributed by atoms with Crippen molar-refractivity contribution in [3.05, 3.63) is 35.9 Å². The molecule has 1 heterocycles. The number of rotatable bonds is 3. The normalized spacial score (nSPS) is 28.8. The number of carboxylic acid groups (broad SMARTS) is 1. The second-order valence-electron chi connectivity index (χ2n) is 5.86. The van der Waals surface area contributed by atoms with E-state index in [2.05, 4.69) is 35.2 Å². The van der Waals surface area contributed by atoms with Gasteiger partial charge in [0.05, 0.1) is 5.92 Å². The van der Waals surface area contributed by atoms with Gasteiger partial charge in [-0.2, -0.15) is 0 Å². The van der Waals surface area contributed by atoms with Crippen molar-refractivity contribution in [2.45, 2.75) is 37.6 Å². The van der Waals surface area contributed by atoms with Crippen molar-refractivity contribution in [3.8, 4) is 0 Å². The van der Waals surface area contributed by atoms with E-state index < -0.39 is 5.97 Å². The average Bonchev–Trinajstić information content (AvgIpc) is 2.38. The predicted octanol–water partition coefficient (Wildman–Crippen LogP) is 2.73. The highest BCUT2D eigenvalue weighted by Gasteiger charge is 2.40. The summed E-state index contributed by atoms with van der Waals surface area (Å²) in [6.45, 7) is 1.48. The van der Waals surface area contributed by atoms with E-state index in [1.54, 1.807) is 0 Å². The third-order valence-corrected chi connectivity index (χ3v) is 4.69. The fourth-order valence-corrected chi connectivity index (χ4v) is 3.58. The molecule has 2 fully saturated rings. The quantitative estimate of drug-likeness (QED) is 0.907. The number of carboxylic acids is 1. The lowest BCUT2D eigenvalue weighted by molar-refractivity contribution is -0.149. The molecule has 0 radical (unpaired) electrons. The summed E-state index contributed by atoms with van der Waals surface area (Å²) in [6.07, 6.45) is 5.03. The molecule has 2 aliphatic rings. The topological polar surface area (TPSA) is 40.5 Å². The summed E-state index contributed by atoms with van der Waals surface area (Å²) in [7, 11) is 0. The van der Waals surface area contributed by atoms with Gasteiger partial charge in [-0.15, -0.1) is 0 Å². The molecule has 0 amide bonds. The Hall–Kier alpha value is -1.35. The SMILES string of the molecule is O=C(O)C1CN(C2CCCCC2c2ccccc2)C1. The Morgan fingerprint density at radius 2 is 1.79 bits per heavy atom. The molecular formula is C16H21NO2. The molecule has 1 saturated heterocycles. The van der Waals surface area contributed by atoms with E-state index in [0.29, 0.717) is 12.0 Å². The first-order valence-electron chi connectivity index (χ1n) is 7.27. The molecule has 0 aromatic heterocycles. The zero-order valence-electron chi connectivity index (χ0n) is 11.2. The van der Waals surface area contributed by atoms with Gasteiger partial charge in [-0.1, -0.05) is 43.2 Å². The monoisotopic (exact) mass is 259 g/mol. The molecule has 3 rings (SSSR count). The summed E-state index contributed by atoms with van der Waals surface area (Å²) >= 11 is 0. The molecular weight excluding hydrogens is 238 g/mol. The van der Waals surface area contributed by atoms with Crippen LogP contribution in [0, 0.1) is 5.92 Å². The van der Waals surface area contributed by atoms with E-state index in [4.69, 9.17) is 5.11 Å². The van der Waals surface area contributed by atoms with E-state index in [1.165, 1.54) is 31.2 Å². The smallest absolute Gasteiger partial charge is 0.309 e. The fraction of sp³-hybridized carbons (Fsp3) is 0.562. The van der Waals surface area contributed by atoms with Crippen LogP contribution in [0.2, 0.25) is 0 Å². The first-order valence-corrected chi connectivity index (χ1v) is 7.27. The molecule has 1 aliphatic carbocycles. The second kappa shape index (κ2) is 5.33. The van der Waals surface area contributed by atoms with Gasteiger partial charge in [0, 0.05) is 19.1 Å². The maximum Gasteiger partial charge on any atom is 0.309 e. The zero-order valence-corrected chi connectivity index (χ0v) is 11.2. The van der Waals surface area contributed by atoms with E-state index in [-0.39, 0.29) is 5.92 Å². The van der Waals surface area contributed by atoms with Crippen LogP contribution >= 0.6 is 0 Å². The molecule has 2 unspecified atom stereocenters. The molecule has 1 aliphatic heterocycles. The maximum atomic E-state index is 10.9. The van der Waals surface area contributed by atoms with Crippen LogP contribution < -0.4 is 0 Å². The minimum atomic E-state index is -0.636. The van der Waals surface area contributed by atoms with Gasteiger partial charge >= 0.3 is 5.97 Å². The van der Waals surface area contributed by atoms with Crippen LogP contribution in [0.4, 0.5) is 0 Å². The Bertz CT molecular complexity index is 439. The highest BCUT2D eigenvalue weighted by Crippen LogP contribution is 2.38. The van der Waals surface area contributed by atoms with Gasteiger partial charge in [-0.25, -0.2) is 0 Å². The van der Waals surface area contributed by atoms with Crippen molar-refractivity contribution < 1.29 is 9.90 Å². The molecule has 1 N–H and O–H groups in total. The number of hydrogen-bond donors (Lipinski definition) is 1. The Morgan fingerprint density at radius 1 is 1.11 bits per heavy atom. The molecule has 2 atom stereocenters. The molecule has 1 aromatic rings. The van der Waals surface area contributed by atoms with E-state index in [1.807, 2.05) is 0 Å². The van der Waals surface area contributed by atoms with Crippen molar-refractivity contribution in [1.29, 1.82) is 0 Å². The second-order valence-corrected chi connectivity index (χ2v) is 5.86. The first-order chi connectivity index (χ1) is 9.25. The van der Waals surface area contributed by atoms with Crippen LogP contribution in [-0.4, -0.2) is 35.1 Å². The van der Waals surface area contributed by atoms with Gasteiger partial charge in [0.2, 0.25) is 0 Å². The molecule has 0 bridgehead atoms. The maximum absolute atomic E-state index is 10.9. The molecule has 3 nitrogen and oxygen atoms in total. The Kier molecular flexibility index (Phi) is 3.56. The predicted molar refractivity (Wildman–Crippen MR) is 74.1 cm³/mol. The lowest BCUT2D eigenvalue weighted by atomic mass is 9.77. The minimum absolute atomic E-state index is 0.140. The lowest BCUT2D eigenvalue weighted by Crippen LogP contribution is -2.56. The van der Waals surface area contributed by atoms with Gasteiger partial charge in [0.25, 0.3) is 0 Å². The van der Waals surface area contributed by atoms with Crippen molar-refractivity contribution in [3.63, 3.8) is 0 Å². The molecule has 19 heavy (non-hydrogen) atoms. The van der Waals surface area contributed by atoms with Crippen molar-refractivity contribution in [1.82, 2.24) is 4.90 Å². The molecule has 0 spiro atoms. The first kappa shape index (κ1) is 12.7. The molecule has 102 valence electrons. The summed E-state index contributed by atoms with van der Waals surface area (Å²) < 4.78 is 0. The summed E-state index contributed by atoms with van der Waals surface area (Å²) in [5, 5.41) is 9.01. The lowest BCUT2D eigenvalue weighted by Gasteiger charge is -2.47. The Morgan fingerprint density at radius 3 is 2.47 bits per heavy atom. The van der Waals surface area contributed by atoms with E-state index >= 15 is 0 Å². The highest BCUT2D eigenvalue weighted by atomic mass is 16.4. The van der Waals surface area contributed by atoms with Crippen LogP contribution in [0.1, 0.15) is 37.2 Å². The van der Waals surface area contributed by atoms with Crippen LogP contribution in [0.15, 0.2) is 30.3 Å². The number of aliphatic carboxylic acids is 1. The van der Waals surface area contributed by atoms with Crippen LogP contribution in [0.3, 0.4) is 0 Å². The Balaban J connectivity index is 1.71. The van der Waals surface area contributed by atoms with Gasteiger partial charge in [0.15, 0.2) is 0 Å². The largest absolute Gasteiger partial charge is 0.481 e. The van der Waals surface area contributed by atoms with Gasteiger partial charge < -0.3 is 5.11 Å². The van der Waals surface area contributed by atoms with Crippen LogP contribution in [0.25, 0.3) is 0 Å². The number of likely N-dealkylation sites (tertiary alicyclic amines) is 1. The summed E-state index contributed by atoms with van der Waals surface area (Å²) in [4.78, 5) is 13.3. The van der Waals surface area contributed by atoms with E-state index in [9.17, 15) is 4.79 Å². The number of nitrogens with zero attached hydrogens (tertiary/aromatic N) is 1. The number of carbonyl (C=O) groups is 1. The summed E-state index contributed by atoms with van der Waals surface area (Å²) in [5.74, 6) is -0.189. The number of hydrogen-bond acceptors (Lipinski definition) is 2. The van der Waals surface area contributed by atoms with Gasteiger partial charge in [-0.05, 0) is 24.3 Å². The summed E-state index contributed by atoms with van der Waals surface area (Å²) in [5.41, 5.74) is 1.42. The molecule has 1 saturated carbocycles. The third-order valence-electron chi connectivity index (χ3n) is 4.69. The molecule has 1 aromatic carbocycles. The highest BCUT2D eigenvalue weighted by molar-refractivity contribution is 5.71. The van der Waals surface area contributed by atoms with Crippen molar-refractivity contribution >= 4 is 5.97 Å². The van der Waals surface area contributed by atoms with Crippen molar-refractivity contribution in [2.24, 2.45) is 5.92 Å². The number of benzene rings is 1. The average molecular weight is 259 g/mol. The van der Waals surface area contributed by atoms with Crippen molar-refractivity contribution in [2.75, 3.05) is 13.1 Å². The summed E-state index contributed by atoms with van der Waals surface area (Å²) in [6, 6.07) is 11.3. The van der Waals surface area contributed by atoms with Crippen LogP contribution in [-0.2, 0) is 4.79 Å². The van der Waals surface area contributed by atoms with Gasteiger partial charge in [0.1, 0.15) is 0 Å². The third kappa shape index (κ3) is 2.52. The van der Waals surface area contributed by atoms with Gasteiger partial charge in [-0.3, -0.25) is 9.69 Å². The standard InChI is InChI=1S/C16H21NO2/c18-16(19)13-10-17(11-13)15-9-5-4-8-14(15)12-6-2-1-3-7-12/h1-3,6-7,13-15H,4-5,8-11H2,(H,18,19). The van der Waals surface area contributed by atoms with E-state index in [0.717, 1.165) is 13.1 Å².